The molecule has 6 nitrogen and oxygen atoms in total. The minimum atomic E-state index is -4.68. The van der Waals surface area contributed by atoms with Crippen LogP contribution in [-0.4, -0.2) is 16.7 Å². The second kappa shape index (κ2) is 8.84. The summed E-state index contributed by atoms with van der Waals surface area (Å²) in [5.41, 5.74) is -1.31. The van der Waals surface area contributed by atoms with Gasteiger partial charge in [0.15, 0.2) is 11.6 Å². The smallest absolute Gasteiger partial charge is 0.417 e. The van der Waals surface area contributed by atoms with Crippen LogP contribution in [0.4, 0.5) is 17.6 Å². The second-order valence-corrected chi connectivity index (χ2v) is 6.68. The zero-order valence-corrected chi connectivity index (χ0v) is 16.9. The molecule has 0 bridgehead atoms. The number of hydrogen-bond acceptors (Lipinski definition) is 5. The topological polar surface area (TPSA) is 62.6 Å². The maximum atomic E-state index is 14.4. The van der Waals surface area contributed by atoms with Crippen LogP contribution >= 0.6 is 11.6 Å². The van der Waals surface area contributed by atoms with Crippen molar-refractivity contribution in [2.45, 2.75) is 12.8 Å². The Morgan fingerprint density at radius 1 is 1.13 bits per heavy atom. The molecule has 0 N–H and O–H groups in total. The average molecular weight is 459 g/mol. The summed E-state index contributed by atoms with van der Waals surface area (Å²) < 4.78 is 70.1. The van der Waals surface area contributed by atoms with Gasteiger partial charge in [0.2, 0.25) is 11.8 Å². The van der Waals surface area contributed by atoms with Crippen molar-refractivity contribution in [1.82, 2.24) is 9.55 Å². The molecule has 1 aromatic heterocycles. The van der Waals surface area contributed by atoms with Crippen LogP contribution in [0.15, 0.2) is 47.3 Å². The van der Waals surface area contributed by atoms with Crippen LogP contribution in [-0.2, 0) is 19.8 Å². The van der Waals surface area contributed by atoms with E-state index in [1.54, 1.807) is 0 Å². The number of hydrogen-bond donors (Lipinski definition) is 0. The maximum Gasteiger partial charge on any atom is 0.417 e. The van der Waals surface area contributed by atoms with Crippen molar-refractivity contribution < 1.29 is 31.8 Å². The Balaban J connectivity index is 1.74. The molecule has 0 aliphatic carbocycles. The van der Waals surface area contributed by atoms with Gasteiger partial charge in [-0.25, -0.2) is 9.18 Å². The van der Waals surface area contributed by atoms with Crippen LogP contribution < -0.4 is 19.9 Å². The summed E-state index contributed by atoms with van der Waals surface area (Å²) in [4.78, 5) is 15.5. The minimum absolute atomic E-state index is 0.0125. The Hall–Kier alpha value is -3.27. The van der Waals surface area contributed by atoms with Crippen molar-refractivity contribution in [3.63, 3.8) is 0 Å². The van der Waals surface area contributed by atoms with Gasteiger partial charge in [-0.2, -0.15) is 18.2 Å². The van der Waals surface area contributed by atoms with Gasteiger partial charge in [-0.05, 0) is 35.9 Å². The van der Waals surface area contributed by atoms with E-state index in [0.29, 0.717) is 11.6 Å². The number of alkyl halides is 3. The summed E-state index contributed by atoms with van der Waals surface area (Å²) in [6.45, 7) is -0.125. The monoisotopic (exact) mass is 458 g/mol. The van der Waals surface area contributed by atoms with Crippen molar-refractivity contribution in [2.24, 2.45) is 7.05 Å². The fraction of sp³-hybridized carbons (Fsp3) is 0.200. The van der Waals surface area contributed by atoms with Gasteiger partial charge < -0.3 is 14.2 Å². The van der Waals surface area contributed by atoms with E-state index in [-0.39, 0.29) is 29.9 Å². The summed E-state index contributed by atoms with van der Waals surface area (Å²) in [5.74, 6) is -1.12. The predicted octanol–water partition coefficient (Wildman–Crippen LogP) is 4.97. The predicted molar refractivity (Wildman–Crippen MR) is 103 cm³/mol. The Bertz CT molecular complexity index is 1160. The normalized spacial score (nSPS) is 11.3. The molecule has 0 fully saturated rings. The minimum Gasteiger partial charge on any atom is -0.482 e. The van der Waals surface area contributed by atoms with Crippen LogP contribution in [0.5, 0.6) is 23.3 Å². The highest BCUT2D eigenvalue weighted by atomic mass is 35.5. The summed E-state index contributed by atoms with van der Waals surface area (Å²) in [6, 6.07) is 8.09. The lowest BCUT2D eigenvalue weighted by Crippen LogP contribution is -2.21. The van der Waals surface area contributed by atoms with E-state index < -0.39 is 28.3 Å². The highest BCUT2D eigenvalue weighted by molar-refractivity contribution is 6.31. The SMILES string of the molecule is COc1cc(OCc2ccc(Oc3ccc(Cl)c(C(F)(F)F)c3)c(F)c2)nc(=O)n1C. The first-order valence-electron chi connectivity index (χ1n) is 8.66. The first-order valence-corrected chi connectivity index (χ1v) is 9.04. The highest BCUT2D eigenvalue weighted by Gasteiger charge is 2.33. The zero-order chi connectivity index (χ0) is 22.8. The average Bonchev–Trinajstić information content (AvgIpc) is 2.71. The van der Waals surface area contributed by atoms with Crippen molar-refractivity contribution in [1.29, 1.82) is 0 Å². The lowest BCUT2D eigenvalue weighted by molar-refractivity contribution is -0.137. The fourth-order valence-electron chi connectivity index (χ4n) is 2.55. The molecule has 0 atom stereocenters. The zero-order valence-electron chi connectivity index (χ0n) is 16.2. The molecule has 0 spiro atoms. The number of nitrogens with zero attached hydrogens (tertiary/aromatic N) is 2. The van der Waals surface area contributed by atoms with Crippen molar-refractivity contribution in [3.8, 4) is 23.3 Å². The summed E-state index contributed by atoms with van der Waals surface area (Å²) >= 11 is 5.56. The molecule has 0 aliphatic rings. The van der Waals surface area contributed by atoms with Gasteiger partial charge in [0.05, 0.1) is 23.8 Å². The van der Waals surface area contributed by atoms with Gasteiger partial charge in [-0.3, -0.25) is 4.57 Å². The Kier molecular flexibility index (Phi) is 6.40. The molecule has 2 aromatic carbocycles. The van der Waals surface area contributed by atoms with Crippen molar-refractivity contribution >= 4 is 11.6 Å². The molecule has 11 heteroatoms. The van der Waals surface area contributed by atoms with Gasteiger partial charge in [0.25, 0.3) is 0 Å². The molecule has 1 heterocycles. The number of rotatable bonds is 6. The molecule has 0 saturated carbocycles. The third-order valence-electron chi connectivity index (χ3n) is 4.13. The second-order valence-electron chi connectivity index (χ2n) is 6.27. The van der Waals surface area contributed by atoms with Crippen LogP contribution in [0.3, 0.4) is 0 Å². The van der Waals surface area contributed by atoms with Crippen LogP contribution in [0.25, 0.3) is 0 Å². The largest absolute Gasteiger partial charge is 0.482 e. The van der Waals surface area contributed by atoms with Gasteiger partial charge in [-0.15, -0.1) is 0 Å². The van der Waals surface area contributed by atoms with Crippen LogP contribution in [0, 0.1) is 5.82 Å². The van der Waals surface area contributed by atoms with E-state index in [1.807, 2.05) is 0 Å². The fourth-order valence-corrected chi connectivity index (χ4v) is 2.78. The van der Waals surface area contributed by atoms with E-state index in [9.17, 15) is 22.4 Å². The maximum absolute atomic E-state index is 14.4. The Morgan fingerprint density at radius 3 is 2.52 bits per heavy atom. The molecule has 3 aromatic rings. The van der Waals surface area contributed by atoms with E-state index in [0.717, 1.165) is 12.1 Å². The third-order valence-corrected chi connectivity index (χ3v) is 4.46. The van der Waals surface area contributed by atoms with Gasteiger partial charge in [-0.1, -0.05) is 17.7 Å². The Morgan fingerprint density at radius 2 is 1.87 bits per heavy atom. The number of halogens is 5. The van der Waals surface area contributed by atoms with Gasteiger partial charge in [0.1, 0.15) is 12.4 Å². The summed E-state index contributed by atoms with van der Waals surface area (Å²) in [7, 11) is 2.86. The standard InChI is InChI=1S/C20H15ClF4N2O4/c1-27-18(29-2)9-17(26-19(27)28)30-10-11-3-6-16(15(22)7-11)31-12-4-5-14(21)13(8-12)20(23,24)25/h3-9H,10H2,1-2H3. The molecule has 0 aliphatic heterocycles. The van der Waals surface area contributed by atoms with Crippen LogP contribution in [0.2, 0.25) is 5.02 Å². The van der Waals surface area contributed by atoms with E-state index in [4.69, 9.17) is 25.8 Å². The quantitative estimate of drug-likeness (QED) is 0.488. The van der Waals surface area contributed by atoms with Gasteiger partial charge >= 0.3 is 11.9 Å². The number of benzene rings is 2. The molecule has 0 radical (unpaired) electrons. The Labute approximate surface area is 178 Å². The van der Waals surface area contributed by atoms with E-state index in [1.165, 1.54) is 43.0 Å². The molecule has 31 heavy (non-hydrogen) atoms. The number of methoxy groups -OCH3 is 1. The third kappa shape index (κ3) is 5.26. The molecule has 0 unspecified atom stereocenters. The summed E-state index contributed by atoms with van der Waals surface area (Å²) in [6.07, 6.45) is -4.68. The highest BCUT2D eigenvalue weighted by Crippen LogP contribution is 2.38. The molecule has 0 amide bonds. The molecular weight excluding hydrogens is 444 g/mol. The van der Waals surface area contributed by atoms with Crippen molar-refractivity contribution in [3.05, 3.63) is 74.9 Å². The molecular formula is C20H15ClF4N2O4. The number of ether oxygens (including phenoxy) is 3. The van der Waals surface area contributed by atoms with Crippen molar-refractivity contribution in [2.75, 3.05) is 7.11 Å². The summed E-state index contributed by atoms with van der Waals surface area (Å²) in [5, 5.41) is -0.492. The van der Waals surface area contributed by atoms with Gasteiger partial charge in [0, 0.05) is 7.05 Å². The molecule has 0 saturated heterocycles. The number of aromatic nitrogens is 2. The van der Waals surface area contributed by atoms with E-state index in [2.05, 4.69) is 4.98 Å². The molecule has 3 rings (SSSR count). The first-order chi connectivity index (χ1) is 14.6. The van der Waals surface area contributed by atoms with Crippen LogP contribution in [0.1, 0.15) is 11.1 Å². The first kappa shape index (κ1) is 22.4. The lowest BCUT2D eigenvalue weighted by Gasteiger charge is -2.13. The lowest BCUT2D eigenvalue weighted by atomic mass is 10.2. The molecule has 164 valence electrons. The van der Waals surface area contributed by atoms with E-state index >= 15 is 0 Å².